The van der Waals surface area contributed by atoms with Crippen LogP contribution in [0.1, 0.15) is 29.6 Å². The molecule has 2 saturated heterocycles. The van der Waals surface area contributed by atoms with Crippen molar-refractivity contribution in [3.63, 3.8) is 0 Å². The Bertz CT molecular complexity index is 549. The van der Waals surface area contributed by atoms with Crippen LogP contribution in [0.2, 0.25) is 5.02 Å². The van der Waals surface area contributed by atoms with Crippen molar-refractivity contribution in [1.82, 2.24) is 10.2 Å². The van der Waals surface area contributed by atoms with E-state index in [1.807, 2.05) is 0 Å². The first kappa shape index (κ1) is 15.7. The van der Waals surface area contributed by atoms with Crippen molar-refractivity contribution in [2.75, 3.05) is 26.3 Å². The number of hydrogen-bond acceptors (Lipinski definition) is 3. The van der Waals surface area contributed by atoms with Crippen molar-refractivity contribution >= 4 is 17.5 Å². The first-order chi connectivity index (χ1) is 10.6. The molecule has 0 unspecified atom stereocenters. The van der Waals surface area contributed by atoms with E-state index < -0.39 is 11.7 Å². The number of nitrogens with one attached hydrogen (secondary N) is 1. The van der Waals surface area contributed by atoms with Gasteiger partial charge in [0.15, 0.2) is 0 Å². The van der Waals surface area contributed by atoms with Gasteiger partial charge in [0.05, 0.1) is 30.9 Å². The fourth-order valence-corrected chi connectivity index (χ4v) is 3.37. The van der Waals surface area contributed by atoms with E-state index >= 15 is 0 Å². The molecule has 0 saturated carbocycles. The number of halogens is 2. The van der Waals surface area contributed by atoms with Gasteiger partial charge in [-0.05, 0) is 44.1 Å². The Morgan fingerprint density at radius 1 is 1.27 bits per heavy atom. The van der Waals surface area contributed by atoms with E-state index in [9.17, 15) is 9.18 Å². The van der Waals surface area contributed by atoms with Crippen LogP contribution in [0.25, 0.3) is 0 Å². The highest BCUT2D eigenvalue weighted by atomic mass is 35.5. The molecular formula is C16H20ClFN2O2. The van der Waals surface area contributed by atoms with Gasteiger partial charge in [-0.15, -0.1) is 0 Å². The predicted molar refractivity (Wildman–Crippen MR) is 82.7 cm³/mol. The fraction of sp³-hybridized carbons (Fsp3) is 0.562. The summed E-state index contributed by atoms with van der Waals surface area (Å²) < 4.78 is 19.4. The Morgan fingerprint density at radius 2 is 2.05 bits per heavy atom. The largest absolute Gasteiger partial charge is 0.378 e. The van der Waals surface area contributed by atoms with Crippen LogP contribution in [0, 0.1) is 5.82 Å². The lowest BCUT2D eigenvalue weighted by Crippen LogP contribution is -2.52. The maximum Gasteiger partial charge on any atom is 0.254 e. The summed E-state index contributed by atoms with van der Waals surface area (Å²) in [5.41, 5.74) is 0.0219. The quantitative estimate of drug-likeness (QED) is 0.927. The summed E-state index contributed by atoms with van der Waals surface area (Å²) in [7, 11) is 0. The standard InChI is InChI=1S/C16H20ClFN2O2/c17-11-4-5-12(13(18)8-11)16(21)19-14-9-22-10-15(14)20-6-2-1-3-7-20/h4-5,8,14-15H,1-3,6-7,9-10H2,(H,19,21)/t14-,15-/m0/s1. The molecule has 2 aliphatic heterocycles. The summed E-state index contributed by atoms with van der Waals surface area (Å²) in [6.45, 7) is 3.17. The van der Waals surface area contributed by atoms with E-state index in [4.69, 9.17) is 16.3 Å². The third kappa shape index (κ3) is 3.42. The molecule has 2 aliphatic rings. The van der Waals surface area contributed by atoms with Crippen LogP contribution in [0.15, 0.2) is 18.2 Å². The highest BCUT2D eigenvalue weighted by Gasteiger charge is 2.35. The van der Waals surface area contributed by atoms with Crippen molar-refractivity contribution in [3.05, 3.63) is 34.6 Å². The Labute approximate surface area is 134 Å². The molecule has 3 rings (SSSR count). The van der Waals surface area contributed by atoms with Crippen LogP contribution in [-0.2, 0) is 4.74 Å². The van der Waals surface area contributed by atoms with E-state index in [1.54, 1.807) is 0 Å². The van der Waals surface area contributed by atoms with E-state index in [0.29, 0.717) is 13.2 Å². The number of likely N-dealkylation sites (tertiary alicyclic amines) is 1. The molecule has 22 heavy (non-hydrogen) atoms. The second-order valence-electron chi connectivity index (χ2n) is 5.91. The van der Waals surface area contributed by atoms with Crippen molar-refractivity contribution in [1.29, 1.82) is 0 Å². The highest BCUT2D eigenvalue weighted by molar-refractivity contribution is 6.30. The summed E-state index contributed by atoms with van der Waals surface area (Å²) in [5.74, 6) is -1.01. The molecule has 0 bridgehead atoms. The van der Waals surface area contributed by atoms with Gasteiger partial charge in [0.2, 0.25) is 0 Å². The molecule has 120 valence electrons. The maximum absolute atomic E-state index is 13.8. The second kappa shape index (κ2) is 6.94. The molecule has 0 radical (unpaired) electrons. The molecule has 1 amide bonds. The third-order valence-corrected chi connectivity index (χ3v) is 4.64. The van der Waals surface area contributed by atoms with Gasteiger partial charge < -0.3 is 10.1 Å². The minimum absolute atomic E-state index is 0.0219. The van der Waals surface area contributed by atoms with E-state index in [-0.39, 0.29) is 22.7 Å². The van der Waals surface area contributed by atoms with Gasteiger partial charge in [-0.3, -0.25) is 9.69 Å². The normalized spacial score (nSPS) is 26.1. The molecule has 1 N–H and O–H groups in total. The third-order valence-electron chi connectivity index (χ3n) is 4.40. The molecule has 1 aromatic carbocycles. The van der Waals surface area contributed by atoms with Crippen LogP contribution >= 0.6 is 11.6 Å². The topological polar surface area (TPSA) is 41.6 Å². The molecule has 6 heteroatoms. The number of rotatable bonds is 3. The summed E-state index contributed by atoms with van der Waals surface area (Å²) in [6, 6.07) is 4.18. The van der Waals surface area contributed by atoms with Crippen molar-refractivity contribution in [2.45, 2.75) is 31.3 Å². The van der Waals surface area contributed by atoms with Gasteiger partial charge >= 0.3 is 0 Å². The zero-order valence-corrected chi connectivity index (χ0v) is 13.1. The van der Waals surface area contributed by atoms with Crippen LogP contribution in [0.3, 0.4) is 0 Å². The zero-order valence-electron chi connectivity index (χ0n) is 12.4. The first-order valence-corrected chi connectivity index (χ1v) is 8.10. The van der Waals surface area contributed by atoms with E-state index in [2.05, 4.69) is 10.2 Å². The number of ether oxygens (including phenoxy) is 1. The number of carbonyl (C=O) groups excluding carboxylic acids is 1. The Kier molecular flexibility index (Phi) is 4.96. The molecule has 0 spiro atoms. The minimum atomic E-state index is -0.599. The molecule has 2 heterocycles. The van der Waals surface area contributed by atoms with Gasteiger partial charge in [0.25, 0.3) is 5.91 Å². The smallest absolute Gasteiger partial charge is 0.254 e. The molecule has 2 fully saturated rings. The highest BCUT2D eigenvalue weighted by Crippen LogP contribution is 2.20. The Balaban J connectivity index is 1.67. The van der Waals surface area contributed by atoms with Crippen molar-refractivity contribution in [2.24, 2.45) is 0 Å². The number of piperidine rings is 1. The van der Waals surface area contributed by atoms with Crippen molar-refractivity contribution < 1.29 is 13.9 Å². The molecule has 0 aromatic heterocycles. The van der Waals surface area contributed by atoms with Gasteiger partial charge in [-0.2, -0.15) is 0 Å². The summed E-state index contributed by atoms with van der Waals surface area (Å²) in [4.78, 5) is 14.7. The summed E-state index contributed by atoms with van der Waals surface area (Å²) in [5, 5.41) is 3.20. The first-order valence-electron chi connectivity index (χ1n) is 7.73. The number of benzene rings is 1. The monoisotopic (exact) mass is 326 g/mol. The van der Waals surface area contributed by atoms with Gasteiger partial charge in [0, 0.05) is 5.02 Å². The van der Waals surface area contributed by atoms with E-state index in [0.717, 1.165) is 19.2 Å². The molecular weight excluding hydrogens is 307 g/mol. The summed E-state index contributed by atoms with van der Waals surface area (Å²) >= 11 is 5.72. The van der Waals surface area contributed by atoms with Gasteiger partial charge in [-0.25, -0.2) is 4.39 Å². The SMILES string of the molecule is O=C(N[C@H]1COC[C@@H]1N1CCCCC1)c1ccc(Cl)cc1F. The van der Waals surface area contributed by atoms with Crippen LogP contribution in [0.5, 0.6) is 0 Å². The average Bonchev–Trinajstić information content (AvgIpc) is 2.96. The Morgan fingerprint density at radius 3 is 2.77 bits per heavy atom. The van der Waals surface area contributed by atoms with Crippen LogP contribution in [-0.4, -0.2) is 49.2 Å². The lowest BCUT2D eigenvalue weighted by molar-refractivity contribution is 0.0896. The summed E-state index contributed by atoms with van der Waals surface area (Å²) in [6.07, 6.45) is 3.63. The van der Waals surface area contributed by atoms with E-state index in [1.165, 1.54) is 31.4 Å². The van der Waals surface area contributed by atoms with Gasteiger partial charge in [-0.1, -0.05) is 18.0 Å². The lowest BCUT2D eigenvalue weighted by Gasteiger charge is -2.34. The number of hydrogen-bond donors (Lipinski definition) is 1. The van der Waals surface area contributed by atoms with Crippen LogP contribution < -0.4 is 5.32 Å². The number of nitrogens with zero attached hydrogens (tertiary/aromatic N) is 1. The maximum atomic E-state index is 13.8. The lowest BCUT2D eigenvalue weighted by atomic mass is 10.0. The molecule has 1 aromatic rings. The minimum Gasteiger partial charge on any atom is -0.378 e. The van der Waals surface area contributed by atoms with Gasteiger partial charge in [0.1, 0.15) is 5.82 Å². The number of carbonyl (C=O) groups is 1. The number of amides is 1. The Hall–Kier alpha value is -1.17. The average molecular weight is 327 g/mol. The predicted octanol–water partition coefficient (Wildman–Crippen LogP) is 2.46. The molecule has 2 atom stereocenters. The second-order valence-corrected chi connectivity index (χ2v) is 6.34. The molecule has 4 nitrogen and oxygen atoms in total. The molecule has 0 aliphatic carbocycles. The zero-order chi connectivity index (χ0) is 15.5. The fourth-order valence-electron chi connectivity index (χ4n) is 3.21. The van der Waals surface area contributed by atoms with Crippen molar-refractivity contribution in [3.8, 4) is 0 Å². The van der Waals surface area contributed by atoms with Crippen LogP contribution in [0.4, 0.5) is 4.39 Å².